The second-order valence-corrected chi connectivity index (χ2v) is 10.00. The van der Waals surface area contributed by atoms with Gasteiger partial charge in [0, 0.05) is 0 Å². The van der Waals surface area contributed by atoms with Crippen LogP contribution in [0.4, 0.5) is 0 Å². The monoisotopic (exact) mass is 470 g/mol. The molecule has 0 aliphatic carbocycles. The number of benzene rings is 3. The Labute approximate surface area is 200 Å². The van der Waals surface area contributed by atoms with Crippen LogP contribution < -0.4 is 0 Å². The van der Waals surface area contributed by atoms with Gasteiger partial charge >= 0.3 is 11.9 Å². The molecule has 170 valence electrons. The summed E-state index contributed by atoms with van der Waals surface area (Å²) in [6, 6.07) is 27.5. The zero-order chi connectivity index (χ0) is 23.5. The summed E-state index contributed by atoms with van der Waals surface area (Å²) in [6.07, 6.45) is 0. The summed E-state index contributed by atoms with van der Waals surface area (Å²) < 4.78 is 11.9. The molecule has 0 radical (unpaired) electrons. The number of methoxy groups -OCH3 is 2. The molecular weight excluding hydrogens is 448 g/mol. The van der Waals surface area contributed by atoms with E-state index >= 15 is 0 Å². The Morgan fingerprint density at radius 3 is 2.00 bits per heavy atom. The normalized spacial score (nSPS) is 26.9. The van der Waals surface area contributed by atoms with E-state index in [2.05, 4.69) is 4.57 Å². The molecule has 2 aliphatic heterocycles. The highest BCUT2D eigenvalue weighted by molar-refractivity contribution is 8.02. The van der Waals surface area contributed by atoms with Crippen molar-refractivity contribution in [1.29, 1.82) is 0 Å². The molecule has 2 bridgehead atoms. The first-order chi connectivity index (χ1) is 16.6. The van der Waals surface area contributed by atoms with Crippen LogP contribution in [0.2, 0.25) is 0 Å². The molecule has 34 heavy (non-hydrogen) atoms. The van der Waals surface area contributed by atoms with Gasteiger partial charge in [-0.2, -0.15) is 0 Å². The molecular formula is C27H22N2O4S. The largest absolute Gasteiger partial charge is 0.469 e. The molecule has 0 amide bonds. The van der Waals surface area contributed by atoms with E-state index in [-0.39, 0.29) is 0 Å². The van der Waals surface area contributed by atoms with Crippen molar-refractivity contribution in [2.75, 3.05) is 14.2 Å². The van der Waals surface area contributed by atoms with Crippen LogP contribution in [0.25, 0.3) is 11.0 Å². The summed E-state index contributed by atoms with van der Waals surface area (Å²) in [5.74, 6) is -1.83. The van der Waals surface area contributed by atoms with Crippen LogP contribution >= 0.6 is 11.8 Å². The Morgan fingerprint density at radius 2 is 1.35 bits per heavy atom. The molecule has 3 aromatic carbocycles. The van der Waals surface area contributed by atoms with E-state index in [1.54, 1.807) is 11.8 Å². The van der Waals surface area contributed by atoms with Gasteiger partial charge in [0.1, 0.15) is 21.4 Å². The molecule has 6 nitrogen and oxygen atoms in total. The number of para-hydroxylation sites is 2. The molecule has 0 unspecified atom stereocenters. The number of hydrogen-bond donors (Lipinski definition) is 0. The summed E-state index contributed by atoms with van der Waals surface area (Å²) in [5, 5.41) is 0. The molecule has 4 atom stereocenters. The van der Waals surface area contributed by atoms with E-state index in [1.165, 1.54) is 14.2 Å². The number of hydrogen-bond acceptors (Lipinski definition) is 6. The van der Waals surface area contributed by atoms with E-state index in [1.807, 2.05) is 84.9 Å². The van der Waals surface area contributed by atoms with Crippen LogP contribution in [0.3, 0.4) is 0 Å². The predicted molar refractivity (Wildman–Crippen MR) is 129 cm³/mol. The molecule has 6 rings (SSSR count). The number of esters is 2. The SMILES string of the molecule is COC(=O)[C@H]1[C@H](C(=O)OC)[C@@]2(c3ccccc3)S[C@@]1(c1ccccc1)c1nc3ccccc3n12. The van der Waals surface area contributed by atoms with Crippen molar-refractivity contribution in [3.8, 4) is 0 Å². The summed E-state index contributed by atoms with van der Waals surface area (Å²) in [4.78, 5) is 31.2. The summed E-state index contributed by atoms with van der Waals surface area (Å²) in [7, 11) is 2.73. The van der Waals surface area contributed by atoms with Gasteiger partial charge in [0.25, 0.3) is 0 Å². The maximum Gasteiger partial charge on any atom is 0.313 e. The van der Waals surface area contributed by atoms with Crippen molar-refractivity contribution in [2.45, 2.75) is 9.62 Å². The number of ether oxygens (including phenoxy) is 2. The molecule has 7 heteroatoms. The van der Waals surface area contributed by atoms with E-state index < -0.39 is 33.4 Å². The van der Waals surface area contributed by atoms with Crippen LogP contribution in [0.15, 0.2) is 84.9 Å². The highest BCUT2D eigenvalue weighted by atomic mass is 32.2. The van der Waals surface area contributed by atoms with Gasteiger partial charge in [0.05, 0.1) is 31.2 Å². The quantitative estimate of drug-likeness (QED) is 0.414. The Morgan fingerprint density at radius 1 is 0.794 bits per heavy atom. The van der Waals surface area contributed by atoms with Crippen molar-refractivity contribution in [2.24, 2.45) is 11.8 Å². The van der Waals surface area contributed by atoms with Crippen molar-refractivity contribution in [1.82, 2.24) is 9.55 Å². The number of nitrogens with zero attached hydrogens (tertiary/aromatic N) is 2. The molecule has 0 saturated carbocycles. The average Bonchev–Trinajstić information content (AvgIpc) is 3.54. The number of carbonyl (C=O) groups excluding carboxylic acids is 2. The van der Waals surface area contributed by atoms with Crippen molar-refractivity contribution in [3.63, 3.8) is 0 Å². The van der Waals surface area contributed by atoms with Gasteiger partial charge in [-0.1, -0.05) is 72.8 Å². The Hall–Kier alpha value is -3.58. The minimum atomic E-state index is -0.950. The second-order valence-electron chi connectivity index (χ2n) is 8.53. The number of imidazole rings is 1. The van der Waals surface area contributed by atoms with Gasteiger partial charge in [0.15, 0.2) is 0 Å². The smallest absolute Gasteiger partial charge is 0.313 e. The molecule has 2 aliphatic rings. The summed E-state index contributed by atoms with van der Waals surface area (Å²) in [5.41, 5.74) is 3.52. The van der Waals surface area contributed by atoms with Crippen LogP contribution in [0.1, 0.15) is 17.0 Å². The van der Waals surface area contributed by atoms with E-state index in [0.717, 1.165) is 28.0 Å². The predicted octanol–water partition coefficient (Wildman–Crippen LogP) is 4.32. The standard InChI is InChI=1S/C27H22N2O4S/c1-32-23(30)21-22(24(31)33-2)27(18-13-7-4-8-14-18)29-20-16-10-9-15-19(20)28-25(29)26(21,34-27)17-11-5-3-6-12-17/h3-16,21-22H,1-2H3/t21-,22-,26-,27-/m1/s1. The maximum atomic E-state index is 13.6. The molecule has 4 aromatic rings. The Kier molecular flexibility index (Phi) is 4.61. The highest BCUT2D eigenvalue weighted by Gasteiger charge is 2.76. The van der Waals surface area contributed by atoms with Crippen LogP contribution in [0.5, 0.6) is 0 Å². The molecule has 1 saturated heterocycles. The third-order valence-corrected chi connectivity index (χ3v) is 9.01. The zero-order valence-electron chi connectivity index (χ0n) is 18.7. The lowest BCUT2D eigenvalue weighted by Gasteiger charge is -2.39. The lowest BCUT2D eigenvalue weighted by atomic mass is 9.70. The zero-order valence-corrected chi connectivity index (χ0v) is 19.5. The number of thioether (sulfide) groups is 1. The molecule has 1 fully saturated rings. The van der Waals surface area contributed by atoms with E-state index in [9.17, 15) is 9.59 Å². The van der Waals surface area contributed by atoms with E-state index in [0.29, 0.717) is 0 Å². The minimum absolute atomic E-state index is 0.451. The third kappa shape index (κ3) is 2.45. The lowest BCUT2D eigenvalue weighted by molar-refractivity contribution is -0.161. The summed E-state index contributed by atoms with van der Waals surface area (Å²) >= 11 is 1.59. The van der Waals surface area contributed by atoms with Gasteiger partial charge in [-0.05, 0) is 23.3 Å². The summed E-state index contributed by atoms with van der Waals surface area (Å²) in [6.45, 7) is 0. The third-order valence-electron chi connectivity index (χ3n) is 7.03. The van der Waals surface area contributed by atoms with Gasteiger partial charge in [-0.25, -0.2) is 4.98 Å². The van der Waals surface area contributed by atoms with Crippen molar-refractivity contribution >= 4 is 34.7 Å². The minimum Gasteiger partial charge on any atom is -0.469 e. The topological polar surface area (TPSA) is 70.4 Å². The lowest BCUT2D eigenvalue weighted by Crippen LogP contribution is -2.51. The first-order valence-corrected chi connectivity index (χ1v) is 11.9. The molecule has 1 aromatic heterocycles. The van der Waals surface area contributed by atoms with Gasteiger partial charge < -0.3 is 14.0 Å². The van der Waals surface area contributed by atoms with Crippen LogP contribution in [0, 0.1) is 11.8 Å². The van der Waals surface area contributed by atoms with Crippen LogP contribution in [-0.2, 0) is 28.7 Å². The number of fused-ring (bicyclic) bond motifs is 7. The molecule has 0 N–H and O–H groups in total. The van der Waals surface area contributed by atoms with Gasteiger partial charge in [-0.15, -0.1) is 11.8 Å². The first kappa shape index (κ1) is 21.0. The second kappa shape index (κ2) is 7.46. The fourth-order valence-corrected chi connectivity index (χ4v) is 7.99. The fourth-order valence-electron chi connectivity index (χ4n) is 5.76. The number of rotatable bonds is 4. The first-order valence-electron chi connectivity index (χ1n) is 11.0. The van der Waals surface area contributed by atoms with E-state index in [4.69, 9.17) is 14.5 Å². The van der Waals surface area contributed by atoms with Gasteiger partial charge in [0.2, 0.25) is 0 Å². The van der Waals surface area contributed by atoms with Crippen LogP contribution in [-0.4, -0.2) is 35.7 Å². The van der Waals surface area contributed by atoms with Crippen molar-refractivity contribution < 1.29 is 19.1 Å². The maximum absolute atomic E-state index is 13.6. The number of carbonyl (C=O) groups is 2. The number of aromatic nitrogens is 2. The molecule has 3 heterocycles. The highest BCUT2D eigenvalue weighted by Crippen LogP contribution is 2.74. The van der Waals surface area contributed by atoms with Gasteiger partial charge in [-0.3, -0.25) is 9.59 Å². The van der Waals surface area contributed by atoms with Crippen molar-refractivity contribution in [3.05, 3.63) is 102 Å². The molecule has 0 spiro atoms. The Bertz CT molecular complexity index is 1420. The fraction of sp³-hybridized carbons (Fsp3) is 0.222. The average molecular weight is 471 g/mol. The Balaban J connectivity index is 1.81.